The second-order valence-corrected chi connectivity index (χ2v) is 8.68. The molecule has 144 valence electrons. The van der Waals surface area contributed by atoms with Crippen molar-refractivity contribution in [3.05, 3.63) is 0 Å². The van der Waals surface area contributed by atoms with Gasteiger partial charge in [0.2, 0.25) is 23.1 Å². The molecular weight excluding hydrogens is 328 g/mol. The van der Waals surface area contributed by atoms with E-state index in [0.29, 0.717) is 25.7 Å². The highest BCUT2D eigenvalue weighted by Gasteiger charge is 2.38. The molecule has 0 saturated heterocycles. The normalized spacial score (nSPS) is 28.5. The maximum absolute atomic E-state index is 12.6. The first-order valence-corrected chi connectivity index (χ1v) is 10.7. The summed E-state index contributed by atoms with van der Waals surface area (Å²) in [6, 6.07) is 0. The van der Waals surface area contributed by atoms with Crippen molar-refractivity contribution in [2.24, 2.45) is 23.7 Å². The number of carbonyl (C=O) groups is 4. The van der Waals surface area contributed by atoms with E-state index < -0.39 is 0 Å². The summed E-state index contributed by atoms with van der Waals surface area (Å²) < 4.78 is 0. The van der Waals surface area contributed by atoms with Crippen molar-refractivity contribution >= 4 is 23.1 Å². The van der Waals surface area contributed by atoms with Gasteiger partial charge in [-0.2, -0.15) is 0 Å². The van der Waals surface area contributed by atoms with Gasteiger partial charge in [-0.1, -0.05) is 38.5 Å². The molecule has 0 aromatic heterocycles. The molecule has 0 aliphatic heterocycles. The van der Waals surface area contributed by atoms with Crippen LogP contribution in [0.25, 0.3) is 0 Å². The minimum atomic E-state index is -0.224. The van der Waals surface area contributed by atoms with E-state index in [0.717, 1.165) is 51.4 Å². The molecule has 4 nitrogen and oxygen atoms in total. The van der Waals surface area contributed by atoms with E-state index in [2.05, 4.69) is 0 Å². The smallest absolute Gasteiger partial charge is 0.201 e. The van der Waals surface area contributed by atoms with Crippen LogP contribution in [-0.4, -0.2) is 23.1 Å². The van der Waals surface area contributed by atoms with Gasteiger partial charge in [-0.05, 0) is 51.4 Å². The van der Waals surface area contributed by atoms with Gasteiger partial charge in [0.05, 0.1) is 0 Å². The lowest BCUT2D eigenvalue weighted by Crippen LogP contribution is -2.36. The molecule has 3 aliphatic carbocycles. The summed E-state index contributed by atoms with van der Waals surface area (Å²) in [5.41, 5.74) is 0. The monoisotopic (exact) mass is 360 g/mol. The molecule has 0 atom stereocenters. The van der Waals surface area contributed by atoms with E-state index in [1.54, 1.807) is 0 Å². The highest BCUT2D eigenvalue weighted by molar-refractivity contribution is 6.39. The zero-order valence-electron chi connectivity index (χ0n) is 15.8. The van der Waals surface area contributed by atoms with E-state index in [9.17, 15) is 19.2 Å². The predicted octanol–water partition coefficient (Wildman–Crippen LogP) is 4.23. The van der Waals surface area contributed by atoms with Crippen molar-refractivity contribution in [3.63, 3.8) is 0 Å². The third-order valence-electron chi connectivity index (χ3n) is 6.91. The van der Waals surface area contributed by atoms with Crippen LogP contribution in [0.5, 0.6) is 0 Å². The summed E-state index contributed by atoms with van der Waals surface area (Å²) in [5.74, 6) is -1.33. The van der Waals surface area contributed by atoms with Crippen molar-refractivity contribution in [2.75, 3.05) is 0 Å². The van der Waals surface area contributed by atoms with E-state index in [1.807, 2.05) is 0 Å². The molecular formula is C22H32O4. The van der Waals surface area contributed by atoms with Gasteiger partial charge in [-0.25, -0.2) is 0 Å². The Labute approximate surface area is 156 Å². The molecule has 0 heterocycles. The topological polar surface area (TPSA) is 68.3 Å². The number of hydrogen-bond donors (Lipinski definition) is 0. The standard InChI is InChI=1S/C22H32O4/c23-19(15-7-3-1-4-8-15)21(25)17-11-13-18(14-12-17)22(26)20(24)16-9-5-2-6-10-16/h15-18H,1-14H2. The molecule has 4 heteroatoms. The Hall–Kier alpha value is -1.32. The lowest BCUT2D eigenvalue weighted by atomic mass is 9.73. The highest BCUT2D eigenvalue weighted by Crippen LogP contribution is 2.34. The minimum Gasteiger partial charge on any atom is -0.291 e. The third-order valence-corrected chi connectivity index (χ3v) is 6.91. The second kappa shape index (κ2) is 9.05. The molecule has 0 bridgehead atoms. The van der Waals surface area contributed by atoms with Crippen LogP contribution in [0.4, 0.5) is 0 Å². The van der Waals surface area contributed by atoms with Crippen molar-refractivity contribution in [1.82, 2.24) is 0 Å². The van der Waals surface area contributed by atoms with Crippen LogP contribution in [0, 0.1) is 23.7 Å². The summed E-state index contributed by atoms with van der Waals surface area (Å²) in [6.07, 6.45) is 12.3. The lowest BCUT2D eigenvalue weighted by Gasteiger charge is -2.29. The molecule has 0 amide bonds. The average molecular weight is 360 g/mol. The van der Waals surface area contributed by atoms with Crippen molar-refractivity contribution in [3.8, 4) is 0 Å². The number of Topliss-reactive ketones (excluding diaryl/α,β-unsaturated/α-hetero) is 4. The molecule has 0 radical (unpaired) electrons. The largest absolute Gasteiger partial charge is 0.291 e. The van der Waals surface area contributed by atoms with Crippen LogP contribution in [0.3, 0.4) is 0 Å². The molecule has 0 spiro atoms. The van der Waals surface area contributed by atoms with Crippen LogP contribution in [-0.2, 0) is 19.2 Å². The molecule has 26 heavy (non-hydrogen) atoms. The Kier molecular flexibility index (Phi) is 6.77. The Morgan fingerprint density at radius 2 is 0.577 bits per heavy atom. The van der Waals surface area contributed by atoms with E-state index in [4.69, 9.17) is 0 Å². The zero-order valence-corrected chi connectivity index (χ0v) is 15.8. The van der Waals surface area contributed by atoms with Gasteiger partial charge in [0.1, 0.15) is 0 Å². The molecule has 0 N–H and O–H groups in total. The Morgan fingerprint density at radius 1 is 0.346 bits per heavy atom. The van der Waals surface area contributed by atoms with Crippen molar-refractivity contribution in [1.29, 1.82) is 0 Å². The van der Waals surface area contributed by atoms with Crippen LogP contribution in [0.2, 0.25) is 0 Å². The predicted molar refractivity (Wildman–Crippen MR) is 98.6 cm³/mol. The number of ketones is 4. The molecule has 0 aromatic rings. The maximum atomic E-state index is 12.6. The van der Waals surface area contributed by atoms with E-state index >= 15 is 0 Å². The maximum Gasteiger partial charge on any atom is 0.201 e. The quantitative estimate of drug-likeness (QED) is 0.665. The van der Waals surface area contributed by atoms with Crippen molar-refractivity contribution in [2.45, 2.75) is 89.9 Å². The highest BCUT2D eigenvalue weighted by atomic mass is 16.2. The number of hydrogen-bond acceptors (Lipinski definition) is 4. The Bertz CT molecular complexity index is 494. The van der Waals surface area contributed by atoms with Gasteiger partial charge >= 0.3 is 0 Å². The first-order chi connectivity index (χ1) is 12.6. The van der Waals surface area contributed by atoms with Gasteiger partial charge in [-0.3, -0.25) is 19.2 Å². The van der Waals surface area contributed by atoms with Crippen molar-refractivity contribution < 1.29 is 19.2 Å². The average Bonchev–Trinajstić information content (AvgIpc) is 2.73. The summed E-state index contributed by atoms with van der Waals surface area (Å²) in [7, 11) is 0. The molecule has 3 fully saturated rings. The summed E-state index contributed by atoms with van der Waals surface area (Å²) in [6.45, 7) is 0. The fourth-order valence-corrected chi connectivity index (χ4v) is 5.15. The second-order valence-electron chi connectivity index (χ2n) is 8.68. The van der Waals surface area contributed by atoms with Crippen LogP contribution >= 0.6 is 0 Å². The first kappa shape index (κ1) is 19.4. The first-order valence-electron chi connectivity index (χ1n) is 10.7. The van der Waals surface area contributed by atoms with Crippen LogP contribution < -0.4 is 0 Å². The molecule has 3 rings (SSSR count). The Morgan fingerprint density at radius 3 is 0.846 bits per heavy atom. The fraction of sp³-hybridized carbons (Fsp3) is 0.818. The van der Waals surface area contributed by atoms with Gasteiger partial charge < -0.3 is 0 Å². The number of carbonyl (C=O) groups excluding carboxylic acids is 4. The zero-order chi connectivity index (χ0) is 18.5. The third kappa shape index (κ3) is 4.50. The van der Waals surface area contributed by atoms with E-state index in [-0.39, 0.29) is 46.8 Å². The molecule has 0 aromatic carbocycles. The summed E-state index contributed by atoms with van der Waals surface area (Å²) >= 11 is 0. The number of rotatable bonds is 6. The minimum absolute atomic E-state index is 0.0662. The van der Waals surface area contributed by atoms with Crippen LogP contribution in [0.1, 0.15) is 89.9 Å². The van der Waals surface area contributed by atoms with Gasteiger partial charge in [0.15, 0.2) is 0 Å². The molecule has 3 aliphatic rings. The fourth-order valence-electron chi connectivity index (χ4n) is 5.15. The SMILES string of the molecule is O=C(C(=O)C1CCC(C(=O)C(=O)C2CCCCC2)CC1)C1CCCCC1. The molecule has 0 unspecified atom stereocenters. The summed E-state index contributed by atoms with van der Waals surface area (Å²) in [5, 5.41) is 0. The lowest BCUT2D eigenvalue weighted by molar-refractivity contribution is -0.144. The Balaban J connectivity index is 1.48. The van der Waals surface area contributed by atoms with Gasteiger partial charge in [-0.15, -0.1) is 0 Å². The summed E-state index contributed by atoms with van der Waals surface area (Å²) in [4.78, 5) is 50.0. The van der Waals surface area contributed by atoms with Crippen LogP contribution in [0.15, 0.2) is 0 Å². The van der Waals surface area contributed by atoms with Gasteiger partial charge in [0.25, 0.3) is 0 Å². The van der Waals surface area contributed by atoms with Gasteiger partial charge in [0, 0.05) is 23.7 Å². The van der Waals surface area contributed by atoms with E-state index in [1.165, 1.54) is 12.8 Å². The molecule has 3 saturated carbocycles.